The quantitative estimate of drug-likeness (QED) is 0.659. The van der Waals surface area contributed by atoms with Crippen LogP contribution in [0.4, 0.5) is 0 Å². The van der Waals surface area contributed by atoms with E-state index in [-0.39, 0.29) is 23.6 Å². The van der Waals surface area contributed by atoms with Gasteiger partial charge in [0.2, 0.25) is 15.6 Å². The molecule has 0 unspecified atom stereocenters. The summed E-state index contributed by atoms with van der Waals surface area (Å²) in [4.78, 5) is 13.0. The molecule has 102 valence electrons. The minimum absolute atomic E-state index is 0.0224. The Morgan fingerprint density at radius 1 is 1.22 bits per heavy atom. The van der Waals surface area contributed by atoms with Gasteiger partial charge in [-0.1, -0.05) is 0 Å². The van der Waals surface area contributed by atoms with Gasteiger partial charge in [-0.3, -0.25) is 4.79 Å². The van der Waals surface area contributed by atoms with Gasteiger partial charge < -0.3 is 4.98 Å². The highest BCUT2D eigenvalue weighted by Crippen LogP contribution is 2.03. The summed E-state index contributed by atoms with van der Waals surface area (Å²) < 4.78 is 47.3. The molecular weight excluding hydrogens is 280 g/mol. The monoisotopic (exact) mass is 294 g/mol. The Bertz CT molecular complexity index is 640. The van der Waals surface area contributed by atoms with E-state index < -0.39 is 25.4 Å². The summed E-state index contributed by atoms with van der Waals surface area (Å²) >= 11 is 0. The normalized spacial score (nSPS) is 12.5. The minimum Gasteiger partial charge on any atom is -0.328 e. The number of aromatic amines is 1. The smallest absolute Gasteiger partial charge is 0.247 e. The lowest BCUT2D eigenvalue weighted by Gasteiger charge is -2.05. The van der Waals surface area contributed by atoms with Crippen molar-refractivity contribution >= 4 is 19.9 Å². The molecule has 0 aliphatic heterocycles. The fraction of sp³-hybridized carbons (Fsp3) is 0.444. The van der Waals surface area contributed by atoms with Crippen molar-refractivity contribution < 1.29 is 16.8 Å². The summed E-state index contributed by atoms with van der Waals surface area (Å²) in [5, 5.41) is 0. The summed E-state index contributed by atoms with van der Waals surface area (Å²) in [6.07, 6.45) is 2.37. The molecule has 0 aromatic carbocycles. The Kier molecular flexibility index (Phi) is 4.65. The fourth-order valence-corrected chi connectivity index (χ4v) is 2.90. The average molecular weight is 294 g/mol. The maximum atomic E-state index is 11.7. The molecule has 0 fully saturated rings. The maximum Gasteiger partial charge on any atom is 0.247 e. The largest absolute Gasteiger partial charge is 0.328 e. The van der Waals surface area contributed by atoms with Crippen LogP contribution in [0.3, 0.4) is 0 Å². The lowest BCUT2D eigenvalue weighted by Crippen LogP contribution is -2.26. The molecule has 0 amide bonds. The van der Waals surface area contributed by atoms with Crippen LogP contribution in [0.1, 0.15) is 6.42 Å². The number of rotatable bonds is 6. The van der Waals surface area contributed by atoms with Gasteiger partial charge >= 0.3 is 0 Å². The first-order valence-corrected chi connectivity index (χ1v) is 8.61. The summed E-state index contributed by atoms with van der Waals surface area (Å²) in [5.74, 6) is -0.0822. The molecule has 0 saturated carbocycles. The van der Waals surface area contributed by atoms with Crippen molar-refractivity contribution in [3.8, 4) is 0 Å². The average Bonchev–Trinajstić information content (AvgIpc) is 2.24. The van der Waals surface area contributed by atoms with Gasteiger partial charge in [-0.2, -0.15) is 0 Å². The third-order valence-electron chi connectivity index (χ3n) is 2.05. The number of H-pyrrole nitrogens is 1. The first-order chi connectivity index (χ1) is 8.21. The summed E-state index contributed by atoms with van der Waals surface area (Å²) in [6.45, 7) is 0.0224. The molecule has 1 aromatic heterocycles. The van der Waals surface area contributed by atoms with Crippen LogP contribution in [0, 0.1) is 0 Å². The second kappa shape index (κ2) is 5.63. The van der Waals surface area contributed by atoms with Crippen molar-refractivity contribution in [1.29, 1.82) is 0 Å². The van der Waals surface area contributed by atoms with Crippen LogP contribution in [0.25, 0.3) is 0 Å². The molecule has 18 heavy (non-hydrogen) atoms. The highest BCUT2D eigenvalue weighted by atomic mass is 32.2. The summed E-state index contributed by atoms with van der Waals surface area (Å²) in [6, 6.07) is 2.28. The second-order valence-electron chi connectivity index (χ2n) is 3.77. The molecule has 1 aromatic rings. The molecule has 9 heteroatoms. The van der Waals surface area contributed by atoms with Gasteiger partial charge in [0, 0.05) is 25.1 Å². The lowest BCUT2D eigenvalue weighted by molar-refractivity contribution is 0.577. The molecule has 7 nitrogen and oxygen atoms in total. The molecule has 0 bridgehead atoms. The zero-order chi connectivity index (χ0) is 13.8. The third-order valence-corrected chi connectivity index (χ3v) is 4.54. The Labute approximate surface area is 105 Å². The number of pyridine rings is 1. The Hall–Kier alpha value is -1.19. The van der Waals surface area contributed by atoms with E-state index in [2.05, 4.69) is 9.71 Å². The van der Waals surface area contributed by atoms with Gasteiger partial charge in [0.05, 0.1) is 10.6 Å². The van der Waals surface area contributed by atoms with E-state index in [1.54, 1.807) is 0 Å². The van der Waals surface area contributed by atoms with E-state index >= 15 is 0 Å². The standard InChI is InChI=1S/C9H14N2O5S2/c1-17(13,14)6-2-5-11-18(15,16)8-3-4-9(12)10-7-8/h3-4,7,11H,2,5-6H2,1H3,(H,10,12). The first-order valence-electron chi connectivity index (χ1n) is 5.07. The third kappa shape index (κ3) is 4.98. The van der Waals surface area contributed by atoms with Gasteiger partial charge in [0.15, 0.2) is 0 Å². The second-order valence-corrected chi connectivity index (χ2v) is 7.80. The van der Waals surface area contributed by atoms with Crippen molar-refractivity contribution in [3.05, 3.63) is 28.7 Å². The Balaban J connectivity index is 2.61. The van der Waals surface area contributed by atoms with Crippen LogP contribution < -0.4 is 10.3 Å². The van der Waals surface area contributed by atoms with Crippen molar-refractivity contribution in [2.45, 2.75) is 11.3 Å². The fourth-order valence-electron chi connectivity index (χ4n) is 1.19. The highest BCUT2D eigenvalue weighted by molar-refractivity contribution is 7.90. The minimum atomic E-state index is -3.71. The van der Waals surface area contributed by atoms with Gasteiger partial charge in [0.25, 0.3) is 0 Å². The molecule has 1 rings (SSSR count). The predicted molar refractivity (Wildman–Crippen MR) is 66.6 cm³/mol. The van der Waals surface area contributed by atoms with E-state index in [0.717, 1.165) is 18.5 Å². The molecule has 2 N–H and O–H groups in total. The van der Waals surface area contributed by atoms with Gasteiger partial charge in [-0.25, -0.2) is 21.6 Å². The number of hydrogen-bond acceptors (Lipinski definition) is 5. The summed E-state index contributed by atoms with van der Waals surface area (Å²) in [7, 11) is -6.80. The van der Waals surface area contributed by atoms with Crippen molar-refractivity contribution in [1.82, 2.24) is 9.71 Å². The topological polar surface area (TPSA) is 113 Å². The van der Waals surface area contributed by atoms with E-state index in [1.807, 2.05) is 0 Å². The molecule has 0 aliphatic carbocycles. The van der Waals surface area contributed by atoms with E-state index in [1.165, 1.54) is 6.07 Å². The lowest BCUT2D eigenvalue weighted by atomic mass is 10.5. The van der Waals surface area contributed by atoms with E-state index in [0.29, 0.717) is 0 Å². The van der Waals surface area contributed by atoms with Crippen LogP contribution in [-0.2, 0) is 19.9 Å². The molecule has 0 saturated heterocycles. The number of sulfonamides is 1. The van der Waals surface area contributed by atoms with Crippen LogP contribution in [0.15, 0.2) is 28.0 Å². The van der Waals surface area contributed by atoms with Crippen LogP contribution in [-0.4, -0.2) is 40.4 Å². The SMILES string of the molecule is CS(=O)(=O)CCCNS(=O)(=O)c1ccc(=O)[nH]c1. The van der Waals surface area contributed by atoms with Gasteiger partial charge in [-0.05, 0) is 12.5 Å². The van der Waals surface area contributed by atoms with Crippen LogP contribution in [0.2, 0.25) is 0 Å². The molecule has 0 aliphatic rings. The maximum absolute atomic E-state index is 11.7. The molecule has 0 spiro atoms. The van der Waals surface area contributed by atoms with E-state index in [9.17, 15) is 21.6 Å². The molecule has 1 heterocycles. The van der Waals surface area contributed by atoms with Crippen LogP contribution in [0.5, 0.6) is 0 Å². The summed E-state index contributed by atoms with van der Waals surface area (Å²) in [5.41, 5.74) is -0.397. The predicted octanol–water partition coefficient (Wildman–Crippen LogP) is -0.912. The zero-order valence-corrected chi connectivity index (χ0v) is 11.3. The first kappa shape index (κ1) is 14.9. The van der Waals surface area contributed by atoms with Gasteiger partial charge in [0.1, 0.15) is 9.84 Å². The van der Waals surface area contributed by atoms with Gasteiger partial charge in [-0.15, -0.1) is 0 Å². The van der Waals surface area contributed by atoms with Crippen molar-refractivity contribution in [2.24, 2.45) is 0 Å². The number of nitrogens with one attached hydrogen (secondary N) is 2. The number of sulfone groups is 1. The van der Waals surface area contributed by atoms with Crippen molar-refractivity contribution in [2.75, 3.05) is 18.6 Å². The number of aromatic nitrogens is 1. The Morgan fingerprint density at radius 2 is 1.89 bits per heavy atom. The zero-order valence-electron chi connectivity index (χ0n) is 9.71. The van der Waals surface area contributed by atoms with Crippen molar-refractivity contribution in [3.63, 3.8) is 0 Å². The highest BCUT2D eigenvalue weighted by Gasteiger charge is 2.13. The molecule has 0 radical (unpaired) electrons. The van der Waals surface area contributed by atoms with E-state index in [4.69, 9.17) is 0 Å². The Morgan fingerprint density at radius 3 is 2.39 bits per heavy atom. The number of hydrogen-bond donors (Lipinski definition) is 2. The molecule has 0 atom stereocenters. The van der Waals surface area contributed by atoms with Crippen LogP contribution >= 0.6 is 0 Å². The molecular formula is C9H14N2O5S2.